The molecule has 1 amide bonds. The molecule has 5 heteroatoms. The smallest absolute Gasteiger partial charge is 0.230 e. The van der Waals surface area contributed by atoms with Crippen LogP contribution >= 0.6 is 0 Å². The van der Waals surface area contributed by atoms with Gasteiger partial charge in [-0.3, -0.25) is 9.48 Å². The minimum absolute atomic E-state index is 0.0473. The third kappa shape index (κ3) is 3.04. The third-order valence-corrected chi connectivity index (χ3v) is 3.55. The maximum atomic E-state index is 12.1. The monoisotopic (exact) mass is 272 g/mol. The number of amides is 1. The van der Waals surface area contributed by atoms with E-state index in [4.69, 9.17) is 0 Å². The first-order valence-electron chi connectivity index (χ1n) is 6.71. The summed E-state index contributed by atoms with van der Waals surface area (Å²) in [6.07, 6.45) is 1.66. The quantitative estimate of drug-likeness (QED) is 0.930. The summed E-state index contributed by atoms with van der Waals surface area (Å²) in [5.74, 6) is 0.359. The lowest BCUT2D eigenvalue weighted by molar-refractivity contribution is -0.119. The lowest BCUT2D eigenvalue weighted by Gasteiger charge is -2.13. The van der Waals surface area contributed by atoms with E-state index in [0.29, 0.717) is 12.4 Å². The van der Waals surface area contributed by atoms with Crippen LogP contribution in [0.2, 0.25) is 0 Å². The Bertz CT molecular complexity index is 604. The third-order valence-electron chi connectivity index (χ3n) is 3.55. The van der Waals surface area contributed by atoms with Crippen LogP contribution in [0.25, 0.3) is 0 Å². The van der Waals surface area contributed by atoms with Crippen molar-refractivity contribution in [3.63, 3.8) is 0 Å². The Hall–Kier alpha value is -2.17. The second-order valence-electron chi connectivity index (χ2n) is 5.08. The number of hydrogen-bond acceptors (Lipinski definition) is 3. The van der Waals surface area contributed by atoms with E-state index >= 15 is 0 Å². The molecular weight excluding hydrogens is 252 g/mol. The van der Waals surface area contributed by atoms with Gasteiger partial charge in [0.05, 0.1) is 18.2 Å². The molecule has 0 aliphatic rings. The Morgan fingerprint density at radius 1 is 1.35 bits per heavy atom. The van der Waals surface area contributed by atoms with Crippen LogP contribution in [0, 0.1) is 26.7 Å². The predicted octanol–water partition coefficient (Wildman–Crippen LogP) is 2.48. The van der Waals surface area contributed by atoms with Crippen molar-refractivity contribution in [2.24, 2.45) is 5.92 Å². The SMILES string of the molecule is Cc1nn(C[C@@H](C)C(=O)Nc2ccccn2)c(C)c1C. The van der Waals surface area contributed by atoms with Crippen LogP contribution in [0.5, 0.6) is 0 Å². The van der Waals surface area contributed by atoms with Crippen molar-refractivity contribution in [3.05, 3.63) is 41.3 Å². The highest BCUT2D eigenvalue weighted by atomic mass is 16.1. The highest BCUT2D eigenvalue weighted by Crippen LogP contribution is 2.13. The second-order valence-corrected chi connectivity index (χ2v) is 5.08. The molecule has 2 heterocycles. The van der Waals surface area contributed by atoms with Gasteiger partial charge in [0, 0.05) is 11.9 Å². The minimum Gasteiger partial charge on any atom is -0.310 e. The highest BCUT2D eigenvalue weighted by molar-refractivity contribution is 5.91. The number of rotatable bonds is 4. The van der Waals surface area contributed by atoms with E-state index in [1.165, 1.54) is 5.56 Å². The molecule has 2 aromatic rings. The van der Waals surface area contributed by atoms with Crippen molar-refractivity contribution in [2.45, 2.75) is 34.2 Å². The number of carbonyl (C=O) groups excluding carboxylic acids is 1. The van der Waals surface area contributed by atoms with Crippen LogP contribution in [0.1, 0.15) is 23.9 Å². The molecule has 5 nitrogen and oxygen atoms in total. The van der Waals surface area contributed by atoms with Crippen molar-refractivity contribution in [1.29, 1.82) is 0 Å². The molecule has 106 valence electrons. The van der Waals surface area contributed by atoms with Crippen LogP contribution in [-0.2, 0) is 11.3 Å². The lowest BCUT2D eigenvalue weighted by Crippen LogP contribution is -2.25. The zero-order valence-electron chi connectivity index (χ0n) is 12.3. The molecule has 0 saturated heterocycles. The summed E-state index contributed by atoms with van der Waals surface area (Å²) >= 11 is 0. The summed E-state index contributed by atoms with van der Waals surface area (Å²) in [5, 5.41) is 7.27. The van der Waals surface area contributed by atoms with Gasteiger partial charge in [0.1, 0.15) is 5.82 Å². The summed E-state index contributed by atoms with van der Waals surface area (Å²) < 4.78 is 1.90. The van der Waals surface area contributed by atoms with Crippen molar-refractivity contribution in [1.82, 2.24) is 14.8 Å². The molecular formula is C15H20N4O. The Morgan fingerprint density at radius 3 is 2.65 bits per heavy atom. The van der Waals surface area contributed by atoms with Crippen molar-refractivity contribution < 1.29 is 4.79 Å². The normalized spacial score (nSPS) is 12.2. The molecule has 2 aromatic heterocycles. The topological polar surface area (TPSA) is 59.8 Å². The van der Waals surface area contributed by atoms with Crippen LogP contribution < -0.4 is 5.32 Å². The number of hydrogen-bond donors (Lipinski definition) is 1. The van der Waals surface area contributed by atoms with Gasteiger partial charge in [-0.05, 0) is 38.5 Å². The fourth-order valence-electron chi connectivity index (χ4n) is 1.99. The molecule has 1 atom stereocenters. The molecule has 0 aliphatic heterocycles. The van der Waals surface area contributed by atoms with Gasteiger partial charge in [0.2, 0.25) is 5.91 Å². The lowest BCUT2D eigenvalue weighted by atomic mass is 10.1. The van der Waals surface area contributed by atoms with Crippen molar-refractivity contribution in [2.75, 3.05) is 5.32 Å². The predicted molar refractivity (Wildman–Crippen MR) is 78.5 cm³/mol. The maximum Gasteiger partial charge on any atom is 0.230 e. The molecule has 2 rings (SSSR count). The van der Waals surface area contributed by atoms with Crippen molar-refractivity contribution in [3.8, 4) is 0 Å². The first-order valence-corrected chi connectivity index (χ1v) is 6.71. The Balaban J connectivity index is 2.02. The van der Waals surface area contributed by atoms with E-state index < -0.39 is 0 Å². The molecule has 0 aliphatic carbocycles. The Labute approximate surface area is 119 Å². The fourth-order valence-corrected chi connectivity index (χ4v) is 1.99. The Kier molecular flexibility index (Phi) is 4.17. The van der Waals surface area contributed by atoms with Crippen LogP contribution in [0.4, 0.5) is 5.82 Å². The summed E-state index contributed by atoms with van der Waals surface area (Å²) in [6.45, 7) is 8.52. The van der Waals surface area contributed by atoms with Gasteiger partial charge in [-0.1, -0.05) is 13.0 Å². The first-order chi connectivity index (χ1) is 9.49. The molecule has 1 N–H and O–H groups in total. The van der Waals surface area contributed by atoms with Gasteiger partial charge in [0.25, 0.3) is 0 Å². The molecule has 0 unspecified atom stereocenters. The van der Waals surface area contributed by atoms with Gasteiger partial charge in [0.15, 0.2) is 0 Å². The van der Waals surface area contributed by atoms with Gasteiger partial charge in [-0.15, -0.1) is 0 Å². The van der Waals surface area contributed by atoms with Crippen LogP contribution in [0.15, 0.2) is 24.4 Å². The van der Waals surface area contributed by atoms with Gasteiger partial charge < -0.3 is 5.32 Å². The molecule has 0 aromatic carbocycles. The van der Waals surface area contributed by atoms with Crippen LogP contribution in [0.3, 0.4) is 0 Å². The molecule has 0 bridgehead atoms. The van der Waals surface area contributed by atoms with E-state index in [0.717, 1.165) is 11.4 Å². The molecule has 20 heavy (non-hydrogen) atoms. The average molecular weight is 272 g/mol. The van der Waals surface area contributed by atoms with Gasteiger partial charge in [-0.2, -0.15) is 5.10 Å². The molecule has 0 spiro atoms. The fraction of sp³-hybridized carbons (Fsp3) is 0.400. The maximum absolute atomic E-state index is 12.1. The number of aromatic nitrogens is 3. The van der Waals surface area contributed by atoms with Crippen LogP contribution in [-0.4, -0.2) is 20.7 Å². The number of carbonyl (C=O) groups is 1. The zero-order chi connectivity index (χ0) is 14.7. The number of pyridine rings is 1. The van der Waals surface area contributed by atoms with Crippen molar-refractivity contribution >= 4 is 11.7 Å². The van der Waals surface area contributed by atoms with Gasteiger partial charge in [-0.25, -0.2) is 4.98 Å². The Morgan fingerprint density at radius 2 is 2.10 bits per heavy atom. The number of anilines is 1. The van der Waals surface area contributed by atoms with E-state index in [2.05, 4.69) is 15.4 Å². The van der Waals surface area contributed by atoms with E-state index in [1.807, 2.05) is 44.5 Å². The standard InChI is InChI=1S/C15H20N4O/c1-10(9-19-13(4)11(2)12(3)18-19)15(20)17-14-7-5-6-8-16-14/h5-8,10H,9H2,1-4H3,(H,16,17,20)/t10-/m1/s1. The van der Waals surface area contributed by atoms with E-state index in [9.17, 15) is 4.79 Å². The minimum atomic E-state index is -0.172. The molecule has 0 radical (unpaired) electrons. The number of nitrogens with zero attached hydrogens (tertiary/aromatic N) is 3. The summed E-state index contributed by atoms with van der Waals surface area (Å²) in [6, 6.07) is 5.44. The molecule has 0 saturated carbocycles. The number of nitrogens with one attached hydrogen (secondary N) is 1. The summed E-state index contributed by atoms with van der Waals surface area (Å²) in [7, 11) is 0. The largest absolute Gasteiger partial charge is 0.310 e. The summed E-state index contributed by atoms with van der Waals surface area (Å²) in [4.78, 5) is 16.2. The number of aryl methyl sites for hydroxylation is 1. The zero-order valence-corrected chi connectivity index (χ0v) is 12.3. The first kappa shape index (κ1) is 14.2. The van der Waals surface area contributed by atoms with E-state index in [1.54, 1.807) is 12.3 Å². The average Bonchev–Trinajstić information content (AvgIpc) is 2.67. The summed E-state index contributed by atoms with van der Waals surface area (Å²) in [5.41, 5.74) is 3.31. The van der Waals surface area contributed by atoms with Gasteiger partial charge >= 0.3 is 0 Å². The molecule has 0 fully saturated rings. The van der Waals surface area contributed by atoms with E-state index in [-0.39, 0.29) is 11.8 Å². The second kappa shape index (κ2) is 5.86. The highest BCUT2D eigenvalue weighted by Gasteiger charge is 2.17.